The Balaban J connectivity index is 1.33. The Hall–Kier alpha value is -3.96. The number of nitrogens with one attached hydrogen (secondary N) is 2. The number of carboxylic acid groups (broad SMARTS) is 1. The van der Waals surface area contributed by atoms with Gasteiger partial charge in [-0.05, 0) is 58.7 Å². The van der Waals surface area contributed by atoms with Crippen molar-refractivity contribution in [3.8, 4) is 5.75 Å². The van der Waals surface area contributed by atoms with Crippen molar-refractivity contribution < 1.29 is 29.4 Å². The number of nitrogens with zero attached hydrogens (tertiary/aromatic N) is 1. The minimum absolute atomic E-state index is 0.0634. The van der Waals surface area contributed by atoms with E-state index in [1.807, 2.05) is 41.8 Å². The summed E-state index contributed by atoms with van der Waals surface area (Å²) in [6.07, 6.45) is 2.55. The summed E-state index contributed by atoms with van der Waals surface area (Å²) in [5, 5.41) is 26.9. The van der Waals surface area contributed by atoms with E-state index in [0.717, 1.165) is 5.56 Å². The van der Waals surface area contributed by atoms with Crippen LogP contribution in [0.25, 0.3) is 6.08 Å². The molecule has 2 saturated heterocycles. The van der Waals surface area contributed by atoms with Gasteiger partial charge in [0, 0.05) is 17.9 Å². The number of benzene rings is 2. The molecule has 2 fully saturated rings. The molecule has 9 nitrogen and oxygen atoms in total. The molecule has 206 valence electrons. The third-order valence-corrected chi connectivity index (χ3v) is 8.85. The summed E-state index contributed by atoms with van der Waals surface area (Å²) in [5.41, 5.74) is 2.99. The standard InChI is InChI=1S/C29H27N3O6S2/c33-19-8-4-7-18(13-19)14-21(20-9-11-30-26(20)35)22-15-40-28-24(27(36)32(28)25(22)29(37)38)31-23(34)16-39-12-10-17-5-2-1-3-6-17/h1-8,10,12-13,24,28,33H,9,11,14-16H2,(H,30,35)(H,31,34)(H,37,38)/t24-,28-/m1/s1. The van der Waals surface area contributed by atoms with Crippen molar-refractivity contribution in [2.75, 3.05) is 18.1 Å². The maximum Gasteiger partial charge on any atom is 0.352 e. The van der Waals surface area contributed by atoms with Gasteiger partial charge in [0.2, 0.25) is 11.8 Å². The normalized spacial score (nSPS) is 21.6. The van der Waals surface area contributed by atoms with Gasteiger partial charge in [-0.1, -0.05) is 42.5 Å². The van der Waals surface area contributed by atoms with Crippen LogP contribution in [0, 0.1) is 0 Å². The maximum absolute atomic E-state index is 13.2. The number of allylic oxidation sites excluding steroid dienone is 1. The molecule has 3 heterocycles. The molecule has 0 unspecified atom stereocenters. The quantitative estimate of drug-likeness (QED) is 0.264. The summed E-state index contributed by atoms with van der Waals surface area (Å²) in [6, 6.07) is 15.4. The molecule has 11 heteroatoms. The van der Waals surface area contributed by atoms with E-state index < -0.39 is 23.3 Å². The first-order chi connectivity index (χ1) is 19.3. The molecule has 0 radical (unpaired) electrons. The number of carbonyl (C=O) groups excluding carboxylic acids is 3. The summed E-state index contributed by atoms with van der Waals surface area (Å²) in [6.45, 7) is 0.443. The van der Waals surface area contributed by atoms with Gasteiger partial charge in [0.05, 0.1) is 5.75 Å². The summed E-state index contributed by atoms with van der Waals surface area (Å²) in [5.74, 6) is -1.92. The highest BCUT2D eigenvalue weighted by Gasteiger charge is 2.54. The van der Waals surface area contributed by atoms with Crippen LogP contribution >= 0.6 is 23.5 Å². The van der Waals surface area contributed by atoms with Crippen molar-refractivity contribution >= 4 is 53.3 Å². The molecule has 3 aliphatic rings. The van der Waals surface area contributed by atoms with Gasteiger partial charge in [-0.2, -0.15) is 0 Å². The topological polar surface area (TPSA) is 136 Å². The molecular formula is C29H27N3O6S2. The fourth-order valence-electron chi connectivity index (χ4n) is 4.96. The van der Waals surface area contributed by atoms with Gasteiger partial charge < -0.3 is 20.8 Å². The Morgan fingerprint density at radius 3 is 2.65 bits per heavy atom. The number of phenols is 1. The van der Waals surface area contributed by atoms with Crippen LogP contribution in [0.15, 0.2) is 82.4 Å². The van der Waals surface area contributed by atoms with Crippen molar-refractivity contribution in [3.05, 3.63) is 93.5 Å². The van der Waals surface area contributed by atoms with E-state index in [2.05, 4.69) is 10.6 Å². The van der Waals surface area contributed by atoms with Crippen LogP contribution < -0.4 is 10.6 Å². The van der Waals surface area contributed by atoms with Gasteiger partial charge in [0.15, 0.2) is 0 Å². The van der Waals surface area contributed by atoms with E-state index in [4.69, 9.17) is 0 Å². The number of hydrogen-bond donors (Lipinski definition) is 4. The minimum atomic E-state index is -1.27. The number of carboxylic acids is 1. The lowest BCUT2D eigenvalue weighted by Gasteiger charge is -2.49. The summed E-state index contributed by atoms with van der Waals surface area (Å²) >= 11 is 2.66. The number of aromatic hydroxyl groups is 1. The molecule has 0 spiro atoms. The van der Waals surface area contributed by atoms with Crippen LogP contribution in [0.3, 0.4) is 0 Å². The first-order valence-corrected chi connectivity index (χ1v) is 14.8. The number of β-lactam (4-membered cyclic amide) rings is 1. The molecule has 5 rings (SSSR count). The zero-order valence-corrected chi connectivity index (χ0v) is 23.0. The lowest BCUT2D eigenvalue weighted by atomic mass is 9.90. The van der Waals surface area contributed by atoms with Crippen LogP contribution in [0.1, 0.15) is 17.5 Å². The first-order valence-electron chi connectivity index (χ1n) is 12.7. The SMILES string of the molecule is O=C(CSC=Cc1ccccc1)N[C@@H]1C(=O)N2C(C(=O)O)=C(C(Cc3cccc(O)c3)=C3CCNC3=O)CS[C@H]12. The van der Waals surface area contributed by atoms with Gasteiger partial charge in [-0.15, -0.1) is 23.5 Å². The van der Waals surface area contributed by atoms with Gasteiger partial charge >= 0.3 is 5.97 Å². The fourth-order valence-corrected chi connectivity index (χ4v) is 6.92. The predicted molar refractivity (Wildman–Crippen MR) is 154 cm³/mol. The maximum atomic E-state index is 13.2. The average molecular weight is 578 g/mol. The van der Waals surface area contributed by atoms with Crippen LogP contribution in [0.5, 0.6) is 5.75 Å². The van der Waals surface area contributed by atoms with E-state index >= 15 is 0 Å². The van der Waals surface area contributed by atoms with Gasteiger partial charge in [0.25, 0.3) is 5.91 Å². The number of fused-ring (bicyclic) bond motifs is 1. The number of rotatable bonds is 9. The van der Waals surface area contributed by atoms with Crippen molar-refractivity contribution in [2.45, 2.75) is 24.3 Å². The fraction of sp³-hybridized carbons (Fsp3) is 0.241. The second-order valence-electron chi connectivity index (χ2n) is 9.42. The Morgan fingerprint density at radius 2 is 1.95 bits per heavy atom. The first kappa shape index (κ1) is 27.6. The summed E-state index contributed by atoms with van der Waals surface area (Å²) < 4.78 is 0. The van der Waals surface area contributed by atoms with Crippen molar-refractivity contribution in [1.29, 1.82) is 0 Å². The highest BCUT2D eigenvalue weighted by atomic mass is 32.2. The Bertz CT molecular complexity index is 1450. The van der Waals surface area contributed by atoms with Crippen molar-refractivity contribution in [3.63, 3.8) is 0 Å². The second-order valence-corrected chi connectivity index (χ2v) is 11.4. The minimum Gasteiger partial charge on any atom is -0.508 e. The number of aliphatic carboxylic acids is 1. The van der Waals surface area contributed by atoms with Crippen LogP contribution in [0.4, 0.5) is 0 Å². The zero-order chi connectivity index (χ0) is 28.2. The van der Waals surface area contributed by atoms with Crippen LogP contribution in [0.2, 0.25) is 0 Å². The number of amides is 3. The van der Waals surface area contributed by atoms with E-state index in [-0.39, 0.29) is 41.2 Å². The van der Waals surface area contributed by atoms with Crippen molar-refractivity contribution in [1.82, 2.24) is 15.5 Å². The predicted octanol–water partition coefficient (Wildman–Crippen LogP) is 2.89. The van der Waals surface area contributed by atoms with Crippen LogP contribution in [-0.2, 0) is 25.6 Å². The monoisotopic (exact) mass is 577 g/mol. The Kier molecular flexibility index (Phi) is 8.32. The summed E-state index contributed by atoms with van der Waals surface area (Å²) in [7, 11) is 0. The zero-order valence-electron chi connectivity index (χ0n) is 21.3. The molecule has 2 aromatic rings. The number of hydrogen-bond acceptors (Lipinski definition) is 7. The van der Waals surface area contributed by atoms with E-state index in [9.17, 15) is 29.4 Å². The molecular weight excluding hydrogens is 550 g/mol. The Labute approximate surface area is 239 Å². The number of thioether (sulfide) groups is 2. The number of carbonyl (C=O) groups is 4. The Morgan fingerprint density at radius 1 is 1.15 bits per heavy atom. The van der Waals surface area contributed by atoms with Gasteiger partial charge in [0.1, 0.15) is 22.9 Å². The average Bonchev–Trinajstić information content (AvgIpc) is 3.38. The molecule has 2 aromatic carbocycles. The molecule has 0 aliphatic carbocycles. The van der Waals surface area contributed by atoms with Crippen molar-refractivity contribution in [2.24, 2.45) is 0 Å². The second kappa shape index (κ2) is 12.1. The lowest BCUT2D eigenvalue weighted by molar-refractivity contribution is -0.150. The third kappa shape index (κ3) is 5.80. The van der Waals surface area contributed by atoms with Gasteiger partial charge in [-0.25, -0.2) is 4.79 Å². The molecule has 0 bridgehead atoms. The molecule has 4 N–H and O–H groups in total. The smallest absolute Gasteiger partial charge is 0.352 e. The molecule has 3 amide bonds. The largest absolute Gasteiger partial charge is 0.508 e. The molecule has 0 aromatic heterocycles. The van der Waals surface area contributed by atoms with E-state index in [1.54, 1.807) is 18.2 Å². The molecule has 3 aliphatic heterocycles. The molecule has 2 atom stereocenters. The highest BCUT2D eigenvalue weighted by Crippen LogP contribution is 2.43. The molecule has 40 heavy (non-hydrogen) atoms. The van der Waals surface area contributed by atoms with E-state index in [0.29, 0.717) is 35.2 Å². The van der Waals surface area contributed by atoms with E-state index in [1.165, 1.54) is 34.5 Å². The van der Waals surface area contributed by atoms with Crippen LogP contribution in [-0.4, -0.2) is 68.3 Å². The third-order valence-electron chi connectivity index (χ3n) is 6.81. The number of phenolic OH excluding ortho intramolecular Hbond substituents is 1. The molecule has 0 saturated carbocycles. The highest BCUT2D eigenvalue weighted by molar-refractivity contribution is 8.02. The summed E-state index contributed by atoms with van der Waals surface area (Å²) in [4.78, 5) is 52.1. The van der Waals surface area contributed by atoms with Gasteiger partial charge in [-0.3, -0.25) is 19.3 Å². The lowest BCUT2D eigenvalue weighted by Crippen LogP contribution is -2.70.